The van der Waals surface area contributed by atoms with Crippen LogP contribution in [0.5, 0.6) is 5.75 Å². The highest BCUT2D eigenvalue weighted by molar-refractivity contribution is 5.37. The van der Waals surface area contributed by atoms with Crippen molar-refractivity contribution in [2.75, 3.05) is 13.7 Å². The summed E-state index contributed by atoms with van der Waals surface area (Å²) in [7, 11) is 1.72. The molecule has 76 valence electrons. The molecule has 0 bridgehead atoms. The van der Waals surface area contributed by atoms with Gasteiger partial charge in [-0.15, -0.1) is 0 Å². The number of benzene rings is 1. The molecule has 0 radical (unpaired) electrons. The van der Waals surface area contributed by atoms with Crippen molar-refractivity contribution in [3.8, 4) is 5.75 Å². The molecule has 14 heavy (non-hydrogen) atoms. The Morgan fingerprint density at radius 3 is 2.86 bits per heavy atom. The van der Waals surface area contributed by atoms with E-state index in [0.717, 1.165) is 12.3 Å². The molecule has 1 saturated heterocycles. The highest BCUT2D eigenvalue weighted by Crippen LogP contribution is 2.27. The van der Waals surface area contributed by atoms with Crippen LogP contribution in [0, 0.1) is 6.92 Å². The number of rotatable bonds is 2. The standard InChI is InChI=1S/C12H17NO/c1-9-8-10(5-6-12(9)14-2)11-4-3-7-13-11/h5-6,8,11,13H,3-4,7H2,1-2H3. The number of methoxy groups -OCH3 is 1. The zero-order valence-corrected chi connectivity index (χ0v) is 8.84. The predicted molar refractivity (Wildman–Crippen MR) is 57.7 cm³/mol. The first-order chi connectivity index (χ1) is 6.81. The normalized spacial score (nSPS) is 21.1. The molecule has 1 atom stereocenters. The number of ether oxygens (including phenoxy) is 1. The number of aryl methyl sites for hydroxylation is 1. The first kappa shape index (κ1) is 9.53. The van der Waals surface area contributed by atoms with Crippen LogP contribution in [0.1, 0.15) is 30.0 Å². The number of hydrogen-bond acceptors (Lipinski definition) is 2. The van der Waals surface area contributed by atoms with Crippen molar-refractivity contribution >= 4 is 0 Å². The van der Waals surface area contributed by atoms with Crippen molar-refractivity contribution < 1.29 is 4.74 Å². The largest absolute Gasteiger partial charge is 0.496 e. The third-order valence-corrected chi connectivity index (χ3v) is 2.88. The summed E-state index contributed by atoms with van der Waals surface area (Å²) < 4.78 is 5.24. The van der Waals surface area contributed by atoms with Gasteiger partial charge in [-0.3, -0.25) is 0 Å². The highest BCUT2D eigenvalue weighted by atomic mass is 16.5. The van der Waals surface area contributed by atoms with Crippen LogP contribution >= 0.6 is 0 Å². The maximum Gasteiger partial charge on any atom is 0.121 e. The molecule has 2 rings (SSSR count). The Morgan fingerprint density at radius 1 is 1.43 bits per heavy atom. The van der Waals surface area contributed by atoms with Gasteiger partial charge in [-0.25, -0.2) is 0 Å². The minimum Gasteiger partial charge on any atom is -0.496 e. The molecule has 1 fully saturated rings. The van der Waals surface area contributed by atoms with Gasteiger partial charge in [0.05, 0.1) is 7.11 Å². The summed E-state index contributed by atoms with van der Waals surface area (Å²) in [6.07, 6.45) is 2.54. The predicted octanol–water partition coefficient (Wildman–Crippen LogP) is 2.43. The van der Waals surface area contributed by atoms with E-state index in [1.807, 2.05) is 0 Å². The Labute approximate surface area is 85.3 Å². The Balaban J connectivity index is 2.23. The number of hydrogen-bond donors (Lipinski definition) is 1. The Morgan fingerprint density at radius 2 is 2.29 bits per heavy atom. The van der Waals surface area contributed by atoms with Crippen LogP contribution in [-0.2, 0) is 0 Å². The van der Waals surface area contributed by atoms with E-state index in [1.165, 1.54) is 24.0 Å². The van der Waals surface area contributed by atoms with Gasteiger partial charge in [-0.1, -0.05) is 12.1 Å². The van der Waals surface area contributed by atoms with Gasteiger partial charge < -0.3 is 10.1 Å². The SMILES string of the molecule is COc1ccc(C2CCCN2)cc1C. The fraction of sp³-hybridized carbons (Fsp3) is 0.500. The van der Waals surface area contributed by atoms with Crippen molar-refractivity contribution in [3.63, 3.8) is 0 Å². The smallest absolute Gasteiger partial charge is 0.121 e. The minimum atomic E-state index is 0.555. The molecular formula is C12H17NO. The summed E-state index contributed by atoms with van der Waals surface area (Å²) >= 11 is 0. The van der Waals surface area contributed by atoms with Crippen LogP contribution < -0.4 is 10.1 Å². The maximum atomic E-state index is 5.24. The molecule has 0 aromatic heterocycles. The van der Waals surface area contributed by atoms with Crippen molar-refractivity contribution in [3.05, 3.63) is 29.3 Å². The third kappa shape index (κ3) is 1.75. The van der Waals surface area contributed by atoms with E-state index in [0.29, 0.717) is 6.04 Å². The van der Waals surface area contributed by atoms with Crippen LogP contribution in [0.4, 0.5) is 0 Å². The molecule has 1 aliphatic rings. The molecule has 1 heterocycles. The fourth-order valence-electron chi connectivity index (χ4n) is 2.09. The van der Waals surface area contributed by atoms with Crippen LogP contribution in [0.25, 0.3) is 0 Å². The lowest BCUT2D eigenvalue weighted by Crippen LogP contribution is -2.12. The van der Waals surface area contributed by atoms with Gasteiger partial charge in [-0.2, -0.15) is 0 Å². The van der Waals surface area contributed by atoms with E-state index in [-0.39, 0.29) is 0 Å². The average Bonchev–Trinajstić information content (AvgIpc) is 2.70. The van der Waals surface area contributed by atoms with Crippen LogP contribution in [-0.4, -0.2) is 13.7 Å². The molecular weight excluding hydrogens is 174 g/mol. The van der Waals surface area contributed by atoms with Crippen molar-refractivity contribution in [2.24, 2.45) is 0 Å². The number of nitrogens with one attached hydrogen (secondary N) is 1. The second-order valence-corrected chi connectivity index (χ2v) is 3.88. The molecule has 1 N–H and O–H groups in total. The molecule has 2 heteroatoms. The molecule has 1 unspecified atom stereocenters. The summed E-state index contributed by atoms with van der Waals surface area (Å²) in [6, 6.07) is 7.00. The van der Waals surface area contributed by atoms with E-state index in [4.69, 9.17) is 4.74 Å². The van der Waals surface area contributed by atoms with E-state index in [9.17, 15) is 0 Å². The molecule has 1 aromatic rings. The molecule has 1 aliphatic heterocycles. The van der Waals surface area contributed by atoms with Gasteiger partial charge in [0.1, 0.15) is 5.75 Å². The van der Waals surface area contributed by atoms with Gasteiger partial charge in [0.15, 0.2) is 0 Å². The molecule has 0 aliphatic carbocycles. The van der Waals surface area contributed by atoms with Gasteiger partial charge in [0.2, 0.25) is 0 Å². The summed E-state index contributed by atoms with van der Waals surface area (Å²) in [6.45, 7) is 3.24. The molecule has 0 spiro atoms. The Kier molecular flexibility index (Phi) is 2.73. The molecule has 2 nitrogen and oxygen atoms in total. The van der Waals surface area contributed by atoms with Gasteiger partial charge in [0, 0.05) is 6.04 Å². The summed E-state index contributed by atoms with van der Waals surface area (Å²) in [5, 5.41) is 3.50. The zero-order chi connectivity index (χ0) is 9.97. The van der Waals surface area contributed by atoms with E-state index in [2.05, 4.69) is 30.4 Å². The van der Waals surface area contributed by atoms with E-state index < -0.39 is 0 Å². The monoisotopic (exact) mass is 191 g/mol. The quantitative estimate of drug-likeness (QED) is 0.775. The lowest BCUT2D eigenvalue weighted by Gasteiger charge is -2.13. The molecule has 0 saturated carbocycles. The van der Waals surface area contributed by atoms with E-state index >= 15 is 0 Å². The second kappa shape index (κ2) is 4.01. The maximum absolute atomic E-state index is 5.24. The first-order valence-electron chi connectivity index (χ1n) is 5.19. The fourth-order valence-corrected chi connectivity index (χ4v) is 2.09. The molecule has 1 aromatic carbocycles. The van der Waals surface area contributed by atoms with Crippen molar-refractivity contribution in [1.29, 1.82) is 0 Å². The Bertz CT molecular complexity index is 316. The topological polar surface area (TPSA) is 21.3 Å². The molecule has 0 amide bonds. The second-order valence-electron chi connectivity index (χ2n) is 3.88. The lowest BCUT2D eigenvalue weighted by molar-refractivity contribution is 0.411. The van der Waals surface area contributed by atoms with E-state index in [1.54, 1.807) is 7.11 Å². The summed E-state index contributed by atoms with van der Waals surface area (Å²) in [4.78, 5) is 0. The van der Waals surface area contributed by atoms with Crippen molar-refractivity contribution in [1.82, 2.24) is 5.32 Å². The zero-order valence-electron chi connectivity index (χ0n) is 8.84. The van der Waals surface area contributed by atoms with Crippen LogP contribution in [0.2, 0.25) is 0 Å². The minimum absolute atomic E-state index is 0.555. The van der Waals surface area contributed by atoms with Gasteiger partial charge in [-0.05, 0) is 43.5 Å². The van der Waals surface area contributed by atoms with Crippen LogP contribution in [0.15, 0.2) is 18.2 Å². The van der Waals surface area contributed by atoms with Gasteiger partial charge in [0.25, 0.3) is 0 Å². The first-order valence-corrected chi connectivity index (χ1v) is 5.19. The Hall–Kier alpha value is -1.02. The lowest BCUT2D eigenvalue weighted by atomic mass is 10.0. The van der Waals surface area contributed by atoms with Gasteiger partial charge >= 0.3 is 0 Å². The summed E-state index contributed by atoms with van der Waals surface area (Å²) in [5.41, 5.74) is 2.61. The average molecular weight is 191 g/mol. The van der Waals surface area contributed by atoms with Crippen molar-refractivity contribution in [2.45, 2.75) is 25.8 Å². The van der Waals surface area contributed by atoms with Crippen LogP contribution in [0.3, 0.4) is 0 Å². The third-order valence-electron chi connectivity index (χ3n) is 2.88. The summed E-state index contributed by atoms with van der Waals surface area (Å²) in [5.74, 6) is 0.978. The highest BCUT2D eigenvalue weighted by Gasteiger charge is 2.16.